The van der Waals surface area contributed by atoms with Gasteiger partial charge >= 0.3 is 0 Å². The van der Waals surface area contributed by atoms with E-state index in [9.17, 15) is 4.79 Å². The third kappa shape index (κ3) is 2.82. The predicted octanol–water partition coefficient (Wildman–Crippen LogP) is 2.65. The molecule has 1 atom stereocenters. The number of aromatic amines is 1. The van der Waals surface area contributed by atoms with Gasteiger partial charge in [-0.1, -0.05) is 0 Å². The minimum atomic E-state index is -0.00495. The fraction of sp³-hybridized carbons (Fsp3) is 0.308. The highest BCUT2D eigenvalue weighted by Crippen LogP contribution is 2.14. The normalized spacial score (nSPS) is 12.6. The molecule has 0 saturated heterocycles. The van der Waals surface area contributed by atoms with E-state index in [1.54, 1.807) is 11.8 Å². The van der Waals surface area contributed by atoms with E-state index in [2.05, 4.69) is 10.3 Å². The Balaban J connectivity index is 2.13. The fourth-order valence-electron chi connectivity index (χ4n) is 1.79. The van der Waals surface area contributed by atoms with Crippen molar-refractivity contribution < 1.29 is 4.79 Å². The van der Waals surface area contributed by atoms with Crippen molar-refractivity contribution in [2.24, 2.45) is 0 Å². The van der Waals surface area contributed by atoms with Gasteiger partial charge in [-0.25, -0.2) is 0 Å². The summed E-state index contributed by atoms with van der Waals surface area (Å²) in [5.74, 6) is 0.924. The second kappa shape index (κ2) is 5.27. The van der Waals surface area contributed by atoms with Crippen molar-refractivity contribution >= 4 is 28.6 Å². The molecule has 17 heavy (non-hydrogen) atoms. The van der Waals surface area contributed by atoms with Crippen LogP contribution in [0.15, 0.2) is 30.5 Å². The van der Waals surface area contributed by atoms with Crippen LogP contribution in [-0.2, 0) is 0 Å². The van der Waals surface area contributed by atoms with Crippen LogP contribution in [0.4, 0.5) is 0 Å². The summed E-state index contributed by atoms with van der Waals surface area (Å²) >= 11 is 1.73. The average Bonchev–Trinajstić information content (AvgIpc) is 2.75. The molecule has 0 aliphatic heterocycles. The van der Waals surface area contributed by atoms with E-state index < -0.39 is 0 Å². The maximum absolute atomic E-state index is 12.0. The van der Waals surface area contributed by atoms with Gasteiger partial charge in [-0.05, 0) is 37.4 Å². The van der Waals surface area contributed by atoms with Gasteiger partial charge in [0, 0.05) is 34.5 Å². The van der Waals surface area contributed by atoms with E-state index >= 15 is 0 Å². The predicted molar refractivity (Wildman–Crippen MR) is 73.6 cm³/mol. The van der Waals surface area contributed by atoms with E-state index in [1.165, 1.54) is 0 Å². The smallest absolute Gasteiger partial charge is 0.251 e. The minimum absolute atomic E-state index is 0.00495. The molecule has 0 spiro atoms. The van der Waals surface area contributed by atoms with Crippen LogP contribution >= 0.6 is 11.8 Å². The van der Waals surface area contributed by atoms with Gasteiger partial charge in [0.1, 0.15) is 0 Å². The second-order valence-corrected chi connectivity index (χ2v) is 5.02. The van der Waals surface area contributed by atoms with Gasteiger partial charge in [-0.3, -0.25) is 4.79 Å². The Bertz CT molecular complexity index is 521. The molecule has 1 unspecified atom stereocenters. The molecule has 4 heteroatoms. The number of thioether (sulfide) groups is 1. The van der Waals surface area contributed by atoms with Crippen LogP contribution in [0.5, 0.6) is 0 Å². The number of benzene rings is 1. The SMILES string of the molecule is CSCC(C)NC(=O)c1ccc2[nH]ccc2c1. The summed E-state index contributed by atoms with van der Waals surface area (Å²) in [4.78, 5) is 15.1. The molecule has 2 N–H and O–H groups in total. The first kappa shape index (κ1) is 12.0. The van der Waals surface area contributed by atoms with Crippen molar-refractivity contribution in [1.82, 2.24) is 10.3 Å². The van der Waals surface area contributed by atoms with Gasteiger partial charge in [0.25, 0.3) is 5.91 Å². The van der Waals surface area contributed by atoms with Crippen molar-refractivity contribution in [2.75, 3.05) is 12.0 Å². The summed E-state index contributed by atoms with van der Waals surface area (Å²) in [6.07, 6.45) is 3.91. The van der Waals surface area contributed by atoms with Gasteiger partial charge in [-0.2, -0.15) is 11.8 Å². The first-order chi connectivity index (χ1) is 8.20. The molecular weight excluding hydrogens is 232 g/mol. The van der Waals surface area contributed by atoms with Gasteiger partial charge in [0.2, 0.25) is 0 Å². The number of amides is 1. The maximum atomic E-state index is 12.0. The molecule has 2 aromatic rings. The Labute approximate surface area is 105 Å². The summed E-state index contributed by atoms with van der Waals surface area (Å²) in [5.41, 5.74) is 1.77. The van der Waals surface area contributed by atoms with Crippen molar-refractivity contribution in [3.05, 3.63) is 36.0 Å². The van der Waals surface area contributed by atoms with E-state index in [0.717, 1.165) is 16.7 Å². The zero-order valence-corrected chi connectivity index (χ0v) is 10.8. The largest absolute Gasteiger partial charge is 0.361 e. The molecule has 2 rings (SSSR count). The highest BCUT2D eigenvalue weighted by Gasteiger charge is 2.09. The number of fused-ring (bicyclic) bond motifs is 1. The highest BCUT2D eigenvalue weighted by molar-refractivity contribution is 7.98. The number of H-pyrrole nitrogens is 1. The zero-order valence-electron chi connectivity index (χ0n) is 9.99. The first-order valence-electron chi connectivity index (χ1n) is 5.57. The van der Waals surface area contributed by atoms with Crippen molar-refractivity contribution in [2.45, 2.75) is 13.0 Å². The summed E-state index contributed by atoms with van der Waals surface area (Å²) in [6, 6.07) is 7.85. The Morgan fingerprint density at radius 1 is 1.47 bits per heavy atom. The van der Waals surface area contributed by atoms with Crippen LogP contribution < -0.4 is 5.32 Å². The lowest BCUT2D eigenvalue weighted by atomic mass is 10.1. The molecule has 0 aliphatic rings. The van der Waals surface area contributed by atoms with Gasteiger partial charge in [0.05, 0.1) is 0 Å². The number of carbonyl (C=O) groups is 1. The lowest BCUT2D eigenvalue weighted by Gasteiger charge is -2.12. The van der Waals surface area contributed by atoms with Crippen LogP contribution in [0.1, 0.15) is 17.3 Å². The van der Waals surface area contributed by atoms with Gasteiger partial charge in [0.15, 0.2) is 0 Å². The van der Waals surface area contributed by atoms with E-state index in [4.69, 9.17) is 0 Å². The molecule has 0 bridgehead atoms. The molecule has 0 saturated carbocycles. The molecule has 1 aromatic carbocycles. The minimum Gasteiger partial charge on any atom is -0.361 e. The van der Waals surface area contributed by atoms with Gasteiger partial charge in [-0.15, -0.1) is 0 Å². The highest BCUT2D eigenvalue weighted by atomic mass is 32.2. The summed E-state index contributed by atoms with van der Waals surface area (Å²) in [5, 5.41) is 4.05. The Hall–Kier alpha value is -1.42. The molecular formula is C13H16N2OS. The number of aromatic nitrogens is 1. The summed E-state index contributed by atoms with van der Waals surface area (Å²) < 4.78 is 0. The van der Waals surface area contributed by atoms with Gasteiger partial charge < -0.3 is 10.3 Å². The number of hydrogen-bond acceptors (Lipinski definition) is 2. The lowest BCUT2D eigenvalue weighted by Crippen LogP contribution is -2.34. The van der Waals surface area contributed by atoms with Crippen molar-refractivity contribution in [3.63, 3.8) is 0 Å². The number of nitrogens with one attached hydrogen (secondary N) is 2. The van der Waals surface area contributed by atoms with Crippen LogP contribution in [0, 0.1) is 0 Å². The van der Waals surface area contributed by atoms with Crippen LogP contribution in [0.3, 0.4) is 0 Å². The van der Waals surface area contributed by atoms with E-state index in [-0.39, 0.29) is 11.9 Å². The fourth-order valence-corrected chi connectivity index (χ4v) is 2.38. The molecule has 3 nitrogen and oxygen atoms in total. The summed E-state index contributed by atoms with van der Waals surface area (Å²) in [6.45, 7) is 2.02. The molecule has 0 aliphatic carbocycles. The van der Waals surface area contributed by atoms with E-state index in [0.29, 0.717) is 5.56 Å². The second-order valence-electron chi connectivity index (χ2n) is 4.11. The summed E-state index contributed by atoms with van der Waals surface area (Å²) in [7, 11) is 0. The van der Waals surface area contributed by atoms with Crippen LogP contribution in [-0.4, -0.2) is 28.9 Å². The Morgan fingerprint density at radius 2 is 2.29 bits per heavy atom. The van der Waals surface area contributed by atoms with E-state index in [1.807, 2.05) is 43.6 Å². The molecule has 1 amide bonds. The first-order valence-corrected chi connectivity index (χ1v) is 6.97. The molecule has 1 heterocycles. The van der Waals surface area contributed by atoms with Crippen molar-refractivity contribution in [1.29, 1.82) is 0 Å². The average molecular weight is 248 g/mol. The molecule has 0 radical (unpaired) electrons. The molecule has 0 fully saturated rings. The number of hydrogen-bond donors (Lipinski definition) is 2. The topological polar surface area (TPSA) is 44.9 Å². The zero-order chi connectivity index (χ0) is 12.3. The molecule has 90 valence electrons. The van der Waals surface area contributed by atoms with Crippen LogP contribution in [0.25, 0.3) is 10.9 Å². The standard InChI is InChI=1S/C13H16N2OS/c1-9(8-17-2)15-13(16)11-3-4-12-10(7-11)5-6-14-12/h3-7,9,14H,8H2,1-2H3,(H,15,16). The number of rotatable bonds is 4. The third-order valence-electron chi connectivity index (χ3n) is 2.61. The van der Waals surface area contributed by atoms with Crippen molar-refractivity contribution in [3.8, 4) is 0 Å². The molecule has 1 aromatic heterocycles. The lowest BCUT2D eigenvalue weighted by molar-refractivity contribution is 0.0944. The third-order valence-corrected chi connectivity index (χ3v) is 3.44. The Kier molecular flexibility index (Phi) is 3.74. The maximum Gasteiger partial charge on any atom is 0.251 e. The quantitative estimate of drug-likeness (QED) is 0.873. The Morgan fingerprint density at radius 3 is 3.06 bits per heavy atom. The van der Waals surface area contributed by atoms with Crippen LogP contribution in [0.2, 0.25) is 0 Å². The number of carbonyl (C=O) groups excluding carboxylic acids is 1. The monoisotopic (exact) mass is 248 g/mol.